The minimum atomic E-state index is -1.95. The van der Waals surface area contributed by atoms with Crippen molar-refractivity contribution in [2.24, 2.45) is 0 Å². The van der Waals surface area contributed by atoms with Crippen molar-refractivity contribution in [2.45, 2.75) is 57.5 Å². The third kappa shape index (κ3) is 3.92. The number of H-pyrrole nitrogens is 1. The van der Waals surface area contributed by atoms with Crippen LogP contribution in [0.2, 0.25) is 18.1 Å². The van der Waals surface area contributed by atoms with E-state index >= 15 is 0 Å². The molecule has 1 aliphatic heterocycles. The van der Waals surface area contributed by atoms with Crippen molar-refractivity contribution < 1.29 is 14.3 Å². The van der Waals surface area contributed by atoms with Crippen LogP contribution in [0.4, 0.5) is 4.79 Å². The lowest BCUT2D eigenvalue weighted by atomic mass is 10.1. The topological polar surface area (TPSA) is 65.6 Å². The highest BCUT2D eigenvalue weighted by atomic mass is 79.9. The van der Waals surface area contributed by atoms with Crippen molar-refractivity contribution >= 4 is 42.6 Å². The van der Waals surface area contributed by atoms with E-state index < -0.39 is 14.4 Å². The van der Waals surface area contributed by atoms with E-state index in [9.17, 15) is 9.90 Å². The molecule has 8 heteroatoms. The first-order valence-electron chi connectivity index (χ1n) is 7.98. The maximum Gasteiger partial charge on any atom is 0.407 e. The smallest absolute Gasteiger partial charge is 0.407 e. The van der Waals surface area contributed by atoms with Crippen LogP contribution < -0.4 is 0 Å². The minimum absolute atomic E-state index is 0.0892. The SMILES string of the molecule is CC(C)(C)[Si](C)(C)O[C@@H]1C[C@@H](c2c[nH]cc(Br)c2=S)N(C(=O)O)C1. The average Bonchev–Trinajstić information content (AvgIpc) is 2.83. The first kappa shape index (κ1) is 19.6. The van der Waals surface area contributed by atoms with Gasteiger partial charge in [0.05, 0.1) is 21.1 Å². The largest absolute Gasteiger partial charge is 0.465 e. The van der Waals surface area contributed by atoms with Gasteiger partial charge in [-0.25, -0.2) is 4.79 Å². The number of carbonyl (C=O) groups is 1. The summed E-state index contributed by atoms with van der Waals surface area (Å²) in [5.41, 5.74) is 0.822. The van der Waals surface area contributed by atoms with E-state index in [1.165, 1.54) is 4.90 Å². The number of rotatable bonds is 3. The molecule has 5 nitrogen and oxygen atoms in total. The highest BCUT2D eigenvalue weighted by Crippen LogP contribution is 2.41. The lowest BCUT2D eigenvalue weighted by Crippen LogP contribution is -2.44. The third-order valence-corrected chi connectivity index (χ3v) is 10.9. The van der Waals surface area contributed by atoms with Crippen LogP contribution in [0, 0.1) is 4.51 Å². The summed E-state index contributed by atoms with van der Waals surface area (Å²) in [7, 11) is -1.95. The summed E-state index contributed by atoms with van der Waals surface area (Å²) >= 11 is 8.87. The average molecular weight is 433 g/mol. The van der Waals surface area contributed by atoms with E-state index in [2.05, 4.69) is 54.8 Å². The molecular weight excluding hydrogens is 408 g/mol. The van der Waals surface area contributed by atoms with Crippen LogP contribution in [0.5, 0.6) is 0 Å². The Morgan fingerprint density at radius 1 is 1.46 bits per heavy atom. The van der Waals surface area contributed by atoms with Crippen molar-refractivity contribution in [3.8, 4) is 0 Å². The predicted octanol–water partition coefficient (Wildman–Crippen LogP) is 5.32. The molecule has 0 radical (unpaired) electrons. The van der Waals surface area contributed by atoms with E-state index in [1.807, 2.05) is 0 Å². The van der Waals surface area contributed by atoms with E-state index in [0.29, 0.717) is 17.5 Å². The van der Waals surface area contributed by atoms with Crippen molar-refractivity contribution in [1.29, 1.82) is 0 Å². The van der Waals surface area contributed by atoms with E-state index in [4.69, 9.17) is 16.6 Å². The molecule has 1 aromatic heterocycles. The monoisotopic (exact) mass is 432 g/mol. The van der Waals surface area contributed by atoms with Crippen LogP contribution in [0.15, 0.2) is 16.9 Å². The molecule has 2 atom stereocenters. The maximum atomic E-state index is 11.7. The fourth-order valence-electron chi connectivity index (χ4n) is 2.70. The summed E-state index contributed by atoms with van der Waals surface area (Å²) in [4.78, 5) is 16.2. The van der Waals surface area contributed by atoms with Gasteiger partial charge in [0.2, 0.25) is 0 Å². The number of amides is 1. The maximum absolute atomic E-state index is 11.7. The van der Waals surface area contributed by atoms with Gasteiger partial charge >= 0.3 is 6.09 Å². The molecular formula is C16H25BrN2O3SSi. The van der Waals surface area contributed by atoms with Crippen molar-refractivity contribution in [1.82, 2.24) is 9.88 Å². The molecule has 134 valence electrons. The number of nitrogens with zero attached hydrogens (tertiary/aromatic N) is 1. The molecule has 1 saturated heterocycles. The van der Waals surface area contributed by atoms with Crippen LogP contribution in [0.3, 0.4) is 0 Å². The van der Waals surface area contributed by atoms with Crippen molar-refractivity contribution in [3.63, 3.8) is 0 Å². The van der Waals surface area contributed by atoms with Gasteiger partial charge in [0.25, 0.3) is 0 Å². The number of halogens is 1. The van der Waals surface area contributed by atoms with Gasteiger partial charge in [-0.15, -0.1) is 0 Å². The van der Waals surface area contributed by atoms with Gasteiger partial charge in [-0.1, -0.05) is 33.0 Å². The second kappa shape index (κ2) is 6.90. The van der Waals surface area contributed by atoms with Crippen LogP contribution in [-0.4, -0.2) is 42.0 Å². The van der Waals surface area contributed by atoms with E-state index in [-0.39, 0.29) is 17.2 Å². The minimum Gasteiger partial charge on any atom is -0.465 e. The number of hydrogen-bond acceptors (Lipinski definition) is 3. The van der Waals surface area contributed by atoms with Gasteiger partial charge in [-0.05, 0) is 40.5 Å². The molecule has 24 heavy (non-hydrogen) atoms. The molecule has 0 spiro atoms. The van der Waals surface area contributed by atoms with Gasteiger partial charge in [0, 0.05) is 24.5 Å². The Morgan fingerprint density at radius 3 is 2.62 bits per heavy atom. The van der Waals surface area contributed by atoms with Crippen LogP contribution >= 0.6 is 28.1 Å². The molecule has 0 saturated carbocycles. The zero-order valence-electron chi connectivity index (χ0n) is 14.7. The third-order valence-electron chi connectivity index (χ3n) is 5.06. The predicted molar refractivity (Wildman–Crippen MR) is 103 cm³/mol. The molecule has 1 fully saturated rings. The number of nitrogens with one attached hydrogen (secondary N) is 1. The zero-order chi connectivity index (χ0) is 18.3. The molecule has 1 aromatic rings. The normalized spacial score (nSPS) is 22.0. The Labute approximate surface area is 157 Å². The number of carboxylic acid groups (broad SMARTS) is 1. The van der Waals surface area contributed by atoms with Crippen molar-refractivity contribution in [2.75, 3.05) is 6.54 Å². The first-order valence-corrected chi connectivity index (χ1v) is 12.1. The van der Waals surface area contributed by atoms with Crippen LogP contribution in [-0.2, 0) is 4.43 Å². The van der Waals surface area contributed by atoms with E-state index in [1.54, 1.807) is 12.4 Å². The molecule has 0 aliphatic carbocycles. The summed E-state index contributed by atoms with van der Waals surface area (Å²) in [5.74, 6) is 0. The Balaban J connectivity index is 2.29. The molecule has 1 amide bonds. The zero-order valence-corrected chi connectivity index (χ0v) is 18.1. The standard InChI is InChI=1S/C16H25BrN2O3SSi/c1-16(2,3)24(4,5)22-10-6-13(19(9-10)15(20)21)11-7-18-8-12(17)14(11)23/h7-8,10,13H,6,9H2,1-5H3,(H,18,23)(H,20,21)/t10-,13+/m1/s1. The van der Waals surface area contributed by atoms with Gasteiger partial charge < -0.3 is 14.5 Å². The Bertz CT molecular complexity index is 687. The quantitative estimate of drug-likeness (QED) is 0.500. The van der Waals surface area contributed by atoms with Crippen LogP contribution in [0.25, 0.3) is 0 Å². The lowest BCUT2D eigenvalue weighted by Gasteiger charge is -2.38. The van der Waals surface area contributed by atoms with Gasteiger partial charge in [0.1, 0.15) is 0 Å². The number of aromatic nitrogens is 1. The molecule has 0 aromatic carbocycles. The number of pyridine rings is 1. The summed E-state index contributed by atoms with van der Waals surface area (Å²) in [6.07, 6.45) is 3.15. The molecule has 2 heterocycles. The molecule has 0 bridgehead atoms. The highest BCUT2D eigenvalue weighted by Gasteiger charge is 2.44. The fourth-order valence-corrected chi connectivity index (χ4v) is 4.68. The highest BCUT2D eigenvalue weighted by molar-refractivity contribution is 9.10. The van der Waals surface area contributed by atoms with Crippen LogP contribution in [0.1, 0.15) is 38.8 Å². The molecule has 0 unspecified atom stereocenters. The number of hydrogen-bond donors (Lipinski definition) is 2. The van der Waals surface area contributed by atoms with E-state index in [0.717, 1.165) is 10.0 Å². The summed E-state index contributed by atoms with van der Waals surface area (Å²) in [5, 5.41) is 9.70. The van der Waals surface area contributed by atoms with Gasteiger partial charge in [-0.2, -0.15) is 0 Å². The first-order chi connectivity index (χ1) is 10.9. The van der Waals surface area contributed by atoms with Gasteiger partial charge in [-0.3, -0.25) is 4.90 Å². The Kier molecular flexibility index (Phi) is 5.64. The summed E-state index contributed by atoms with van der Waals surface area (Å²) < 4.78 is 7.87. The number of aromatic amines is 1. The molecule has 1 aliphatic rings. The Hall–Kier alpha value is -0.703. The summed E-state index contributed by atoms with van der Waals surface area (Å²) in [6, 6.07) is -0.279. The van der Waals surface area contributed by atoms with Gasteiger partial charge in [0.15, 0.2) is 8.32 Å². The fraction of sp³-hybridized carbons (Fsp3) is 0.625. The number of likely N-dealkylation sites (tertiary alicyclic amines) is 1. The summed E-state index contributed by atoms with van der Waals surface area (Å²) in [6.45, 7) is 11.3. The van der Waals surface area contributed by atoms with Crippen molar-refractivity contribution in [3.05, 3.63) is 26.9 Å². The second-order valence-corrected chi connectivity index (χ2v) is 13.8. The molecule has 2 N–H and O–H groups in total. The molecule has 2 rings (SSSR count). The second-order valence-electron chi connectivity index (χ2n) is 7.77. The lowest BCUT2D eigenvalue weighted by molar-refractivity contribution is 0.132. The Morgan fingerprint density at radius 2 is 2.08 bits per heavy atom.